The summed E-state index contributed by atoms with van der Waals surface area (Å²) in [6.45, 7) is 3.85. The lowest BCUT2D eigenvalue weighted by molar-refractivity contribution is -0.404. The molecule has 0 aliphatic carbocycles. The molecule has 2 rings (SSSR count). The van der Waals surface area contributed by atoms with Gasteiger partial charge in [0.25, 0.3) is 11.4 Å². The van der Waals surface area contributed by atoms with Crippen molar-refractivity contribution >= 4 is 17.1 Å². The van der Waals surface area contributed by atoms with Gasteiger partial charge >= 0.3 is 11.4 Å². The minimum absolute atomic E-state index is 0.447. The molecule has 0 saturated carbocycles. The number of nitro groups is 3. The first-order chi connectivity index (χ1) is 11.1. The summed E-state index contributed by atoms with van der Waals surface area (Å²) < 4.78 is 0. The summed E-state index contributed by atoms with van der Waals surface area (Å²) in [4.78, 5) is 27.8. The van der Waals surface area contributed by atoms with Gasteiger partial charge in [0.1, 0.15) is 0 Å². The molecule has 24 heavy (non-hydrogen) atoms. The van der Waals surface area contributed by atoms with Crippen molar-refractivity contribution in [2.75, 3.05) is 0 Å². The molecule has 1 heterocycles. The predicted molar refractivity (Wildman–Crippen MR) is 79.6 cm³/mol. The maximum atomic E-state index is 10.4. The number of hydrogen-bond acceptors (Lipinski definition) is 9. The highest BCUT2D eigenvalue weighted by atomic mass is 16.6. The minimum Gasteiger partial charge on any atom is -0.497 e. The summed E-state index contributed by atoms with van der Waals surface area (Å²) in [5.74, 6) is -1.21. The Bertz CT molecular complexity index is 735. The van der Waals surface area contributed by atoms with Crippen molar-refractivity contribution in [2.45, 2.75) is 13.8 Å². The summed E-state index contributed by atoms with van der Waals surface area (Å²) in [5, 5.41) is 47.9. The molecule has 0 bridgehead atoms. The topological polar surface area (TPSA) is 175 Å². The zero-order chi connectivity index (χ0) is 18.4. The van der Waals surface area contributed by atoms with Crippen molar-refractivity contribution in [1.82, 2.24) is 10.2 Å². The zero-order valence-electron chi connectivity index (χ0n) is 12.4. The third-order valence-electron chi connectivity index (χ3n) is 2.59. The molecular weight excluding hydrogens is 326 g/mol. The molecule has 2 aromatic rings. The number of aromatic nitrogens is 2. The fourth-order valence-electron chi connectivity index (χ4n) is 1.44. The monoisotopic (exact) mass is 337 g/mol. The van der Waals surface area contributed by atoms with Crippen LogP contribution in [0.25, 0.3) is 0 Å². The molecule has 1 aromatic carbocycles. The van der Waals surface area contributed by atoms with Gasteiger partial charge in [-0.3, -0.25) is 30.3 Å². The standard InChI is InChI=1S/C6H3N3O7.C6H8N2/c10-6-4(8(13)14)1-3(7(11)12)2-5(6)9(15)16;1-5-3-4-6(2)8-7-5/h1-2,10H;3-4H,1-2H3. The number of rotatable bonds is 3. The number of aryl methyl sites for hydroxylation is 2. The molecule has 0 unspecified atom stereocenters. The van der Waals surface area contributed by atoms with Crippen molar-refractivity contribution in [3.05, 3.63) is 66.0 Å². The van der Waals surface area contributed by atoms with Crippen LogP contribution in [0.15, 0.2) is 24.3 Å². The smallest absolute Gasteiger partial charge is 0.324 e. The van der Waals surface area contributed by atoms with Gasteiger partial charge < -0.3 is 5.11 Å². The first-order valence-corrected chi connectivity index (χ1v) is 6.20. The number of aromatic hydroxyl groups is 1. The first kappa shape index (κ1) is 18.3. The van der Waals surface area contributed by atoms with Crippen molar-refractivity contribution in [1.29, 1.82) is 0 Å². The number of benzene rings is 1. The Labute approximate surface area is 133 Å². The van der Waals surface area contributed by atoms with Crippen molar-refractivity contribution in [3.63, 3.8) is 0 Å². The molecule has 0 aliphatic rings. The van der Waals surface area contributed by atoms with Gasteiger partial charge in [-0.15, -0.1) is 0 Å². The molecule has 0 radical (unpaired) electrons. The van der Waals surface area contributed by atoms with Gasteiger partial charge in [-0.1, -0.05) is 0 Å². The molecular formula is C12H11N5O7. The predicted octanol–water partition coefficient (Wildman–Crippen LogP) is 2.21. The molecule has 12 heteroatoms. The second-order valence-corrected chi connectivity index (χ2v) is 4.42. The second-order valence-electron chi connectivity index (χ2n) is 4.42. The van der Waals surface area contributed by atoms with E-state index in [9.17, 15) is 30.3 Å². The highest BCUT2D eigenvalue weighted by Crippen LogP contribution is 2.38. The van der Waals surface area contributed by atoms with Gasteiger partial charge in [0.2, 0.25) is 0 Å². The Morgan fingerprint density at radius 1 is 0.833 bits per heavy atom. The first-order valence-electron chi connectivity index (χ1n) is 6.20. The van der Waals surface area contributed by atoms with E-state index in [1.165, 1.54) is 0 Å². The van der Waals surface area contributed by atoms with Crippen LogP contribution in [-0.4, -0.2) is 30.1 Å². The van der Waals surface area contributed by atoms with Gasteiger partial charge in [-0.05, 0) is 26.0 Å². The van der Waals surface area contributed by atoms with E-state index in [1.807, 2.05) is 26.0 Å². The summed E-state index contributed by atoms with van der Waals surface area (Å²) in [5.41, 5.74) is -1.07. The van der Waals surface area contributed by atoms with Crippen LogP contribution in [0.2, 0.25) is 0 Å². The summed E-state index contributed by atoms with van der Waals surface area (Å²) in [6, 6.07) is 4.79. The van der Waals surface area contributed by atoms with Gasteiger partial charge in [-0.25, -0.2) is 0 Å². The van der Waals surface area contributed by atoms with Crippen LogP contribution in [0.1, 0.15) is 11.4 Å². The van der Waals surface area contributed by atoms with Crippen LogP contribution in [-0.2, 0) is 0 Å². The van der Waals surface area contributed by atoms with Gasteiger partial charge in [0.15, 0.2) is 0 Å². The summed E-state index contributed by atoms with van der Waals surface area (Å²) in [6.07, 6.45) is 0. The fourth-order valence-corrected chi connectivity index (χ4v) is 1.44. The van der Waals surface area contributed by atoms with E-state index in [-0.39, 0.29) is 0 Å². The van der Waals surface area contributed by atoms with Crippen LogP contribution in [0.3, 0.4) is 0 Å². The van der Waals surface area contributed by atoms with Gasteiger partial charge in [0.05, 0.1) is 38.3 Å². The largest absolute Gasteiger partial charge is 0.497 e. The summed E-state index contributed by atoms with van der Waals surface area (Å²) in [7, 11) is 0. The number of phenolic OH excluding ortho intramolecular Hbond substituents is 1. The third kappa shape index (κ3) is 4.66. The van der Waals surface area contributed by atoms with Crippen LogP contribution in [0, 0.1) is 44.2 Å². The van der Waals surface area contributed by atoms with E-state index in [0.717, 1.165) is 11.4 Å². The van der Waals surface area contributed by atoms with Gasteiger partial charge in [0, 0.05) is 0 Å². The molecule has 1 aromatic heterocycles. The number of hydrogen-bond donors (Lipinski definition) is 1. The third-order valence-corrected chi connectivity index (χ3v) is 2.59. The van der Waals surface area contributed by atoms with Crippen LogP contribution in [0.5, 0.6) is 5.75 Å². The SMILES string of the molecule is Cc1ccc(C)nn1.O=[N+]([O-])c1cc([N+](=O)[O-])c(O)c([N+](=O)[O-])c1. The lowest BCUT2D eigenvalue weighted by atomic mass is 10.2. The van der Waals surface area contributed by atoms with E-state index in [1.54, 1.807) is 0 Å². The molecule has 0 amide bonds. The average molecular weight is 337 g/mol. The highest BCUT2D eigenvalue weighted by Gasteiger charge is 2.30. The number of phenols is 1. The number of nitrogens with zero attached hydrogens (tertiary/aromatic N) is 5. The molecule has 0 atom stereocenters. The van der Waals surface area contributed by atoms with E-state index in [2.05, 4.69) is 10.2 Å². The van der Waals surface area contributed by atoms with E-state index in [4.69, 9.17) is 5.11 Å². The normalized spacial score (nSPS) is 9.58. The lowest BCUT2D eigenvalue weighted by Gasteiger charge is -1.97. The van der Waals surface area contributed by atoms with Crippen LogP contribution >= 0.6 is 0 Å². The average Bonchev–Trinajstić information content (AvgIpc) is 2.50. The van der Waals surface area contributed by atoms with Crippen LogP contribution in [0.4, 0.5) is 17.1 Å². The lowest BCUT2D eigenvalue weighted by Crippen LogP contribution is -1.97. The Balaban J connectivity index is 0.000000300. The van der Waals surface area contributed by atoms with E-state index >= 15 is 0 Å². The van der Waals surface area contributed by atoms with Crippen molar-refractivity contribution in [3.8, 4) is 5.75 Å². The molecule has 12 nitrogen and oxygen atoms in total. The summed E-state index contributed by atoms with van der Waals surface area (Å²) >= 11 is 0. The maximum absolute atomic E-state index is 10.4. The zero-order valence-corrected chi connectivity index (χ0v) is 12.4. The second kappa shape index (κ2) is 7.53. The molecule has 1 N–H and O–H groups in total. The molecule has 0 saturated heterocycles. The number of non-ortho nitro benzene ring substituents is 1. The molecule has 0 aliphatic heterocycles. The van der Waals surface area contributed by atoms with Crippen LogP contribution < -0.4 is 0 Å². The molecule has 0 fully saturated rings. The van der Waals surface area contributed by atoms with E-state index < -0.39 is 37.6 Å². The Hall–Kier alpha value is -3.70. The highest BCUT2D eigenvalue weighted by molar-refractivity contribution is 5.64. The van der Waals surface area contributed by atoms with E-state index in [0.29, 0.717) is 12.1 Å². The Kier molecular flexibility index (Phi) is 5.76. The minimum atomic E-state index is -1.21. The van der Waals surface area contributed by atoms with Crippen molar-refractivity contribution in [2.24, 2.45) is 0 Å². The van der Waals surface area contributed by atoms with Gasteiger partial charge in [-0.2, -0.15) is 10.2 Å². The Morgan fingerprint density at radius 2 is 1.21 bits per heavy atom. The van der Waals surface area contributed by atoms with Crippen molar-refractivity contribution < 1.29 is 19.9 Å². The Morgan fingerprint density at radius 3 is 1.46 bits per heavy atom. The molecule has 126 valence electrons. The quantitative estimate of drug-likeness (QED) is 0.649. The number of nitro benzene ring substituents is 3. The molecule has 0 spiro atoms. The fraction of sp³-hybridized carbons (Fsp3) is 0.167. The maximum Gasteiger partial charge on any atom is 0.324 e.